The summed E-state index contributed by atoms with van der Waals surface area (Å²) >= 11 is 1.62. The maximum Gasteiger partial charge on any atom is 0.245 e. The van der Waals surface area contributed by atoms with Crippen LogP contribution in [0.4, 0.5) is 0 Å². The molecule has 1 saturated carbocycles. The molecular formula is C17H20N4O2S. The van der Waals surface area contributed by atoms with Crippen LogP contribution in [0.3, 0.4) is 0 Å². The molecule has 1 fully saturated rings. The molecule has 0 saturated heterocycles. The Hall–Kier alpha value is -2.15. The molecule has 1 N–H and O–H groups in total. The van der Waals surface area contributed by atoms with Gasteiger partial charge in [-0.15, -0.1) is 11.3 Å². The van der Waals surface area contributed by atoms with Gasteiger partial charge in [0.05, 0.1) is 31.7 Å². The van der Waals surface area contributed by atoms with Crippen LogP contribution in [0.5, 0.6) is 0 Å². The number of hydrogen-bond donors (Lipinski definition) is 1. The number of fused-ring (bicyclic) bond motifs is 1. The van der Waals surface area contributed by atoms with Crippen molar-refractivity contribution >= 4 is 23.2 Å². The van der Waals surface area contributed by atoms with Crippen LogP contribution >= 0.6 is 11.3 Å². The van der Waals surface area contributed by atoms with Gasteiger partial charge in [-0.05, 0) is 23.8 Å². The molecule has 2 amide bonds. The third kappa shape index (κ3) is 2.84. The number of imidazole rings is 1. The molecule has 3 heterocycles. The fourth-order valence-corrected chi connectivity index (χ4v) is 3.92. The molecule has 2 aromatic heterocycles. The monoisotopic (exact) mass is 344 g/mol. The number of amides is 2. The molecule has 126 valence electrons. The quantitative estimate of drug-likeness (QED) is 0.920. The molecular weight excluding hydrogens is 324 g/mol. The summed E-state index contributed by atoms with van der Waals surface area (Å²) in [7, 11) is 0. The maximum absolute atomic E-state index is 12.7. The van der Waals surface area contributed by atoms with Gasteiger partial charge in [-0.2, -0.15) is 0 Å². The normalized spacial score (nSPS) is 25.2. The fraction of sp³-hybridized carbons (Fsp3) is 0.471. The molecule has 6 nitrogen and oxygen atoms in total. The summed E-state index contributed by atoms with van der Waals surface area (Å²) in [5, 5.41) is 4.98. The third-order valence-electron chi connectivity index (χ3n) is 4.89. The highest BCUT2D eigenvalue weighted by atomic mass is 32.1. The molecule has 0 unspecified atom stereocenters. The third-order valence-corrected chi connectivity index (χ3v) is 5.76. The topological polar surface area (TPSA) is 67.2 Å². The van der Waals surface area contributed by atoms with E-state index in [-0.39, 0.29) is 17.7 Å². The number of aromatic nitrogens is 2. The van der Waals surface area contributed by atoms with Gasteiger partial charge < -0.3 is 14.8 Å². The number of hydrogen-bond acceptors (Lipinski definition) is 4. The van der Waals surface area contributed by atoms with E-state index in [1.54, 1.807) is 23.9 Å². The second kappa shape index (κ2) is 6.05. The van der Waals surface area contributed by atoms with Gasteiger partial charge >= 0.3 is 0 Å². The van der Waals surface area contributed by atoms with Crippen molar-refractivity contribution in [2.24, 2.45) is 11.8 Å². The SMILES string of the molecule is C[C@@H]1C[C@@H]1C(=O)N1Cc2cncn2[C@H](C(=O)NCc2cccs2)C1. The second-order valence-corrected chi connectivity index (χ2v) is 7.68. The molecule has 2 aromatic rings. The van der Waals surface area contributed by atoms with E-state index in [0.717, 1.165) is 17.0 Å². The molecule has 24 heavy (non-hydrogen) atoms. The minimum Gasteiger partial charge on any atom is -0.349 e. The Bertz CT molecular complexity index is 754. The van der Waals surface area contributed by atoms with E-state index in [1.807, 2.05) is 27.0 Å². The largest absolute Gasteiger partial charge is 0.349 e. The molecule has 7 heteroatoms. The number of rotatable bonds is 4. The van der Waals surface area contributed by atoms with Crippen LogP contribution in [-0.4, -0.2) is 32.8 Å². The van der Waals surface area contributed by atoms with Gasteiger partial charge in [0.2, 0.25) is 11.8 Å². The molecule has 4 rings (SSSR count). The van der Waals surface area contributed by atoms with Crippen molar-refractivity contribution in [3.05, 3.63) is 40.6 Å². The van der Waals surface area contributed by atoms with Crippen molar-refractivity contribution in [1.82, 2.24) is 19.8 Å². The molecule has 2 aliphatic rings. The Morgan fingerprint density at radius 3 is 3.00 bits per heavy atom. The van der Waals surface area contributed by atoms with E-state index in [9.17, 15) is 9.59 Å². The van der Waals surface area contributed by atoms with Crippen LogP contribution in [0.25, 0.3) is 0 Å². The Kier molecular flexibility index (Phi) is 3.88. The van der Waals surface area contributed by atoms with Crippen molar-refractivity contribution in [2.45, 2.75) is 32.5 Å². The molecule has 0 spiro atoms. The van der Waals surface area contributed by atoms with Crippen LogP contribution in [0.1, 0.15) is 30.0 Å². The Labute approximate surface area is 144 Å². The molecule has 1 aliphatic heterocycles. The maximum atomic E-state index is 12.7. The van der Waals surface area contributed by atoms with E-state index in [1.165, 1.54) is 0 Å². The zero-order valence-corrected chi connectivity index (χ0v) is 14.3. The van der Waals surface area contributed by atoms with Gasteiger partial charge in [-0.1, -0.05) is 13.0 Å². The van der Waals surface area contributed by atoms with Gasteiger partial charge in [-0.25, -0.2) is 4.98 Å². The zero-order valence-electron chi connectivity index (χ0n) is 13.5. The van der Waals surface area contributed by atoms with Crippen LogP contribution in [0, 0.1) is 11.8 Å². The number of thiophene rings is 1. The lowest BCUT2D eigenvalue weighted by Gasteiger charge is -2.34. The highest BCUT2D eigenvalue weighted by Crippen LogP contribution is 2.40. The number of carbonyl (C=O) groups is 2. The first-order chi connectivity index (χ1) is 11.6. The van der Waals surface area contributed by atoms with Gasteiger partial charge in [-0.3, -0.25) is 9.59 Å². The lowest BCUT2D eigenvalue weighted by molar-refractivity contribution is -0.136. The number of nitrogens with zero attached hydrogens (tertiary/aromatic N) is 3. The molecule has 0 radical (unpaired) electrons. The standard InChI is InChI=1S/C17H20N4O2S/c1-11-5-14(11)17(23)20-8-12-6-18-10-21(12)15(9-20)16(22)19-7-13-3-2-4-24-13/h2-4,6,10-11,14-15H,5,7-9H2,1H3,(H,19,22)/t11-,14+,15+/m1/s1. The van der Waals surface area contributed by atoms with Crippen LogP contribution in [0.15, 0.2) is 30.0 Å². The van der Waals surface area contributed by atoms with Crippen molar-refractivity contribution < 1.29 is 9.59 Å². The minimum atomic E-state index is -0.408. The Balaban J connectivity index is 1.48. The van der Waals surface area contributed by atoms with Crippen LogP contribution in [-0.2, 0) is 22.7 Å². The number of nitrogens with one attached hydrogen (secondary N) is 1. The van der Waals surface area contributed by atoms with E-state index in [2.05, 4.69) is 17.2 Å². The average molecular weight is 344 g/mol. The van der Waals surface area contributed by atoms with E-state index >= 15 is 0 Å². The lowest BCUT2D eigenvalue weighted by Crippen LogP contribution is -2.46. The first-order valence-corrected chi connectivity index (χ1v) is 9.11. The molecule has 3 atom stereocenters. The molecule has 1 aliphatic carbocycles. The summed E-state index contributed by atoms with van der Waals surface area (Å²) < 4.78 is 1.89. The van der Waals surface area contributed by atoms with Crippen molar-refractivity contribution in [3.63, 3.8) is 0 Å². The first kappa shape index (κ1) is 15.4. The number of carbonyl (C=O) groups excluding carboxylic acids is 2. The average Bonchev–Trinajstić information content (AvgIpc) is 3.01. The van der Waals surface area contributed by atoms with E-state index in [0.29, 0.717) is 25.6 Å². The summed E-state index contributed by atoms with van der Waals surface area (Å²) in [6.07, 6.45) is 4.39. The lowest BCUT2D eigenvalue weighted by atomic mass is 10.1. The summed E-state index contributed by atoms with van der Waals surface area (Å²) in [5.41, 5.74) is 0.916. The predicted molar refractivity (Wildman–Crippen MR) is 90.1 cm³/mol. The van der Waals surface area contributed by atoms with Crippen molar-refractivity contribution in [1.29, 1.82) is 0 Å². The Morgan fingerprint density at radius 1 is 1.46 bits per heavy atom. The van der Waals surface area contributed by atoms with E-state index in [4.69, 9.17) is 0 Å². The smallest absolute Gasteiger partial charge is 0.245 e. The minimum absolute atomic E-state index is 0.0657. The van der Waals surface area contributed by atoms with E-state index < -0.39 is 6.04 Å². The van der Waals surface area contributed by atoms with Gasteiger partial charge in [0.25, 0.3) is 0 Å². The van der Waals surface area contributed by atoms with Crippen LogP contribution in [0.2, 0.25) is 0 Å². The fourth-order valence-electron chi connectivity index (χ4n) is 3.27. The summed E-state index contributed by atoms with van der Waals surface area (Å²) in [4.78, 5) is 32.4. The molecule has 0 aromatic carbocycles. The highest BCUT2D eigenvalue weighted by Gasteiger charge is 2.43. The van der Waals surface area contributed by atoms with Gasteiger partial charge in [0, 0.05) is 17.0 Å². The Morgan fingerprint density at radius 2 is 2.29 bits per heavy atom. The first-order valence-electron chi connectivity index (χ1n) is 8.23. The predicted octanol–water partition coefficient (Wildman–Crippen LogP) is 1.80. The second-order valence-electron chi connectivity index (χ2n) is 6.64. The van der Waals surface area contributed by atoms with Crippen molar-refractivity contribution in [3.8, 4) is 0 Å². The van der Waals surface area contributed by atoms with Gasteiger partial charge in [0.1, 0.15) is 6.04 Å². The summed E-state index contributed by atoms with van der Waals surface area (Å²) in [6.45, 7) is 3.57. The van der Waals surface area contributed by atoms with Crippen LogP contribution < -0.4 is 5.32 Å². The summed E-state index contributed by atoms with van der Waals surface area (Å²) in [5.74, 6) is 0.708. The van der Waals surface area contributed by atoms with Crippen molar-refractivity contribution in [2.75, 3.05) is 6.54 Å². The van der Waals surface area contributed by atoms with Gasteiger partial charge in [0.15, 0.2) is 0 Å². The molecule has 0 bridgehead atoms. The summed E-state index contributed by atoms with van der Waals surface area (Å²) in [6, 6.07) is 3.56. The highest BCUT2D eigenvalue weighted by molar-refractivity contribution is 7.09. The zero-order chi connectivity index (χ0) is 16.7.